The molecule has 2 rings (SSSR count). The van der Waals surface area contributed by atoms with Crippen LogP contribution >= 0.6 is 0 Å². The van der Waals surface area contributed by atoms with E-state index in [1.807, 2.05) is 6.92 Å². The molecular formula is C14H12N4O. The van der Waals surface area contributed by atoms with Crippen LogP contribution in [0.3, 0.4) is 0 Å². The number of nitriles is 1. The first-order chi connectivity index (χ1) is 9.11. The van der Waals surface area contributed by atoms with Crippen molar-refractivity contribution in [3.8, 4) is 6.07 Å². The maximum Gasteiger partial charge on any atom is 0.248 e. The van der Waals surface area contributed by atoms with Crippen LogP contribution in [0.25, 0.3) is 0 Å². The molecule has 0 radical (unpaired) electrons. The smallest absolute Gasteiger partial charge is 0.248 e. The van der Waals surface area contributed by atoms with Gasteiger partial charge in [0.25, 0.3) is 0 Å². The summed E-state index contributed by atoms with van der Waals surface area (Å²) in [6, 6.07) is 10.6. The third kappa shape index (κ3) is 2.69. The number of primary amides is 1. The van der Waals surface area contributed by atoms with Crippen molar-refractivity contribution in [2.75, 3.05) is 5.32 Å². The molecule has 0 saturated heterocycles. The number of nitrogens with zero attached hydrogens (tertiary/aromatic N) is 2. The first kappa shape index (κ1) is 12.6. The summed E-state index contributed by atoms with van der Waals surface area (Å²) in [5.74, 6) is 0.0206. The number of carbonyl (C=O) groups excluding carboxylic acids is 1. The highest BCUT2D eigenvalue weighted by Gasteiger charge is 2.07. The molecule has 1 aromatic carbocycles. The standard InChI is InChI=1S/C14H12N4O/c1-9-6-7-17-14(12(9)8-15)18-11-4-2-10(3-5-11)13(16)19/h2-7H,1H3,(H2,16,19)(H,17,18). The molecule has 0 aliphatic heterocycles. The molecule has 1 amide bonds. The van der Waals surface area contributed by atoms with Crippen molar-refractivity contribution in [1.29, 1.82) is 5.26 Å². The van der Waals surface area contributed by atoms with E-state index in [1.54, 1.807) is 36.5 Å². The molecule has 2 aromatic rings. The van der Waals surface area contributed by atoms with Gasteiger partial charge in [-0.15, -0.1) is 0 Å². The number of hydrogen-bond donors (Lipinski definition) is 2. The lowest BCUT2D eigenvalue weighted by molar-refractivity contribution is 0.100. The van der Waals surface area contributed by atoms with Crippen LogP contribution in [0.5, 0.6) is 0 Å². The van der Waals surface area contributed by atoms with Gasteiger partial charge in [-0.3, -0.25) is 4.79 Å². The summed E-state index contributed by atoms with van der Waals surface area (Å²) >= 11 is 0. The number of nitrogens with one attached hydrogen (secondary N) is 1. The molecule has 0 aliphatic carbocycles. The summed E-state index contributed by atoms with van der Waals surface area (Å²) < 4.78 is 0. The maximum absolute atomic E-state index is 11.0. The van der Waals surface area contributed by atoms with Crippen molar-refractivity contribution in [3.63, 3.8) is 0 Å². The molecule has 19 heavy (non-hydrogen) atoms. The Labute approximate surface area is 110 Å². The Bertz CT molecular complexity index is 656. The van der Waals surface area contributed by atoms with Crippen molar-refractivity contribution >= 4 is 17.4 Å². The maximum atomic E-state index is 11.0. The topological polar surface area (TPSA) is 91.8 Å². The van der Waals surface area contributed by atoms with Crippen molar-refractivity contribution in [1.82, 2.24) is 4.98 Å². The van der Waals surface area contributed by atoms with Gasteiger partial charge in [0.15, 0.2) is 0 Å². The fourth-order valence-electron chi connectivity index (χ4n) is 1.65. The third-order valence-corrected chi connectivity index (χ3v) is 2.70. The van der Waals surface area contributed by atoms with E-state index in [4.69, 9.17) is 11.0 Å². The van der Waals surface area contributed by atoms with E-state index in [0.29, 0.717) is 16.9 Å². The number of anilines is 2. The molecule has 94 valence electrons. The highest BCUT2D eigenvalue weighted by atomic mass is 16.1. The van der Waals surface area contributed by atoms with Crippen LogP contribution in [-0.2, 0) is 0 Å². The minimum atomic E-state index is -0.474. The van der Waals surface area contributed by atoms with E-state index < -0.39 is 5.91 Å². The van der Waals surface area contributed by atoms with E-state index in [2.05, 4.69) is 16.4 Å². The lowest BCUT2D eigenvalue weighted by Gasteiger charge is -2.08. The largest absolute Gasteiger partial charge is 0.366 e. The van der Waals surface area contributed by atoms with Crippen molar-refractivity contribution in [2.45, 2.75) is 6.92 Å². The fourth-order valence-corrected chi connectivity index (χ4v) is 1.65. The number of carbonyl (C=O) groups is 1. The molecule has 5 heteroatoms. The van der Waals surface area contributed by atoms with Crippen LogP contribution in [0.2, 0.25) is 0 Å². The Kier molecular flexibility index (Phi) is 3.44. The van der Waals surface area contributed by atoms with Gasteiger partial charge in [-0.05, 0) is 42.8 Å². The second-order valence-corrected chi connectivity index (χ2v) is 4.03. The summed E-state index contributed by atoms with van der Waals surface area (Å²) in [6.07, 6.45) is 1.64. The van der Waals surface area contributed by atoms with Crippen LogP contribution in [0, 0.1) is 18.3 Å². The number of aryl methyl sites for hydroxylation is 1. The zero-order valence-corrected chi connectivity index (χ0v) is 10.3. The Morgan fingerprint density at radius 1 is 1.32 bits per heavy atom. The molecule has 1 heterocycles. The van der Waals surface area contributed by atoms with E-state index in [0.717, 1.165) is 11.3 Å². The van der Waals surface area contributed by atoms with E-state index in [-0.39, 0.29) is 0 Å². The molecule has 0 fully saturated rings. The molecule has 0 atom stereocenters. The molecule has 0 saturated carbocycles. The SMILES string of the molecule is Cc1ccnc(Nc2ccc(C(N)=O)cc2)c1C#N. The number of amides is 1. The van der Waals surface area contributed by atoms with Gasteiger partial charge in [0.05, 0.1) is 5.56 Å². The molecule has 0 spiro atoms. The van der Waals surface area contributed by atoms with E-state index in [1.165, 1.54) is 0 Å². The molecule has 1 aromatic heterocycles. The van der Waals surface area contributed by atoms with Gasteiger partial charge >= 0.3 is 0 Å². The normalized spacial score (nSPS) is 9.68. The number of rotatable bonds is 3. The summed E-state index contributed by atoms with van der Waals surface area (Å²) in [5.41, 5.74) is 7.69. The van der Waals surface area contributed by atoms with Gasteiger partial charge in [-0.1, -0.05) is 0 Å². The summed E-state index contributed by atoms with van der Waals surface area (Å²) in [5, 5.41) is 12.1. The Morgan fingerprint density at radius 2 is 2.00 bits per heavy atom. The molecule has 0 bridgehead atoms. The van der Waals surface area contributed by atoms with Crippen molar-refractivity contribution < 1.29 is 4.79 Å². The lowest BCUT2D eigenvalue weighted by Crippen LogP contribution is -2.10. The zero-order chi connectivity index (χ0) is 13.8. The van der Waals surface area contributed by atoms with Gasteiger partial charge in [0.2, 0.25) is 5.91 Å². The second kappa shape index (κ2) is 5.19. The molecular weight excluding hydrogens is 240 g/mol. The van der Waals surface area contributed by atoms with Crippen LogP contribution < -0.4 is 11.1 Å². The number of pyridine rings is 1. The predicted molar refractivity (Wildman–Crippen MR) is 71.9 cm³/mol. The van der Waals surface area contributed by atoms with Crippen molar-refractivity contribution in [3.05, 3.63) is 53.2 Å². The Morgan fingerprint density at radius 3 is 2.58 bits per heavy atom. The predicted octanol–water partition coefficient (Wildman–Crippen LogP) is 2.10. The lowest BCUT2D eigenvalue weighted by atomic mass is 10.1. The Balaban J connectivity index is 2.29. The number of nitrogens with two attached hydrogens (primary N) is 1. The van der Waals surface area contributed by atoms with Gasteiger partial charge in [0.1, 0.15) is 11.9 Å². The summed E-state index contributed by atoms with van der Waals surface area (Å²) in [6.45, 7) is 1.85. The third-order valence-electron chi connectivity index (χ3n) is 2.70. The first-order valence-electron chi connectivity index (χ1n) is 5.64. The molecule has 0 unspecified atom stereocenters. The van der Waals surface area contributed by atoms with Crippen molar-refractivity contribution in [2.24, 2.45) is 5.73 Å². The quantitative estimate of drug-likeness (QED) is 0.875. The fraction of sp³-hybridized carbons (Fsp3) is 0.0714. The highest BCUT2D eigenvalue weighted by Crippen LogP contribution is 2.20. The number of benzene rings is 1. The second-order valence-electron chi connectivity index (χ2n) is 4.03. The molecule has 3 N–H and O–H groups in total. The van der Waals surface area contributed by atoms with Crippen LogP contribution in [0.4, 0.5) is 11.5 Å². The van der Waals surface area contributed by atoms with E-state index in [9.17, 15) is 4.79 Å². The first-order valence-corrected chi connectivity index (χ1v) is 5.64. The van der Waals surface area contributed by atoms with Gasteiger partial charge in [-0.2, -0.15) is 5.26 Å². The van der Waals surface area contributed by atoms with Gasteiger partial charge < -0.3 is 11.1 Å². The Hall–Kier alpha value is -2.87. The highest BCUT2D eigenvalue weighted by molar-refractivity contribution is 5.93. The van der Waals surface area contributed by atoms with Crippen LogP contribution in [-0.4, -0.2) is 10.9 Å². The molecule has 0 aliphatic rings. The van der Waals surface area contributed by atoms with E-state index >= 15 is 0 Å². The van der Waals surface area contributed by atoms with Gasteiger partial charge in [-0.25, -0.2) is 4.98 Å². The average Bonchev–Trinajstić information content (AvgIpc) is 2.39. The minimum Gasteiger partial charge on any atom is -0.366 e. The summed E-state index contributed by atoms with van der Waals surface area (Å²) in [4.78, 5) is 15.1. The molecule has 5 nitrogen and oxygen atoms in total. The minimum absolute atomic E-state index is 0.434. The van der Waals surface area contributed by atoms with Crippen LogP contribution in [0.15, 0.2) is 36.5 Å². The zero-order valence-electron chi connectivity index (χ0n) is 10.3. The number of aromatic nitrogens is 1. The summed E-state index contributed by atoms with van der Waals surface area (Å²) in [7, 11) is 0. The van der Waals surface area contributed by atoms with Gasteiger partial charge in [0, 0.05) is 17.4 Å². The average molecular weight is 252 g/mol. The number of hydrogen-bond acceptors (Lipinski definition) is 4. The van der Waals surface area contributed by atoms with Crippen LogP contribution in [0.1, 0.15) is 21.5 Å². The monoisotopic (exact) mass is 252 g/mol.